The Morgan fingerprint density at radius 1 is 0.724 bits per heavy atom. The van der Waals surface area contributed by atoms with Crippen LogP contribution in [0.3, 0.4) is 0 Å². The standard InChI is InChI=1S/C24H21NO4/c1-26-20-12-8-18(9-13-20)22-23(29-24(25-22)27-2)19-10-14-21(15-11-19)28-16-17-6-4-3-5-7-17/h3-15H,16H2,1-2H3. The molecule has 146 valence electrons. The molecule has 0 aliphatic heterocycles. The monoisotopic (exact) mass is 387 g/mol. The third-order valence-electron chi connectivity index (χ3n) is 4.51. The molecule has 0 spiro atoms. The van der Waals surface area contributed by atoms with E-state index in [1.807, 2.05) is 78.9 Å². The van der Waals surface area contributed by atoms with Crippen LogP contribution < -0.4 is 14.2 Å². The molecule has 3 aromatic carbocycles. The fourth-order valence-electron chi connectivity index (χ4n) is 2.97. The van der Waals surface area contributed by atoms with E-state index in [0.717, 1.165) is 28.2 Å². The van der Waals surface area contributed by atoms with Gasteiger partial charge in [-0.1, -0.05) is 30.3 Å². The molecule has 0 saturated carbocycles. The van der Waals surface area contributed by atoms with Crippen LogP contribution in [0.2, 0.25) is 0 Å². The lowest BCUT2D eigenvalue weighted by molar-refractivity contribution is 0.293. The van der Waals surface area contributed by atoms with E-state index in [1.54, 1.807) is 7.11 Å². The summed E-state index contributed by atoms with van der Waals surface area (Å²) in [5.74, 6) is 2.21. The second kappa shape index (κ2) is 8.52. The van der Waals surface area contributed by atoms with Gasteiger partial charge in [0.1, 0.15) is 23.8 Å². The first-order valence-electron chi connectivity index (χ1n) is 9.23. The van der Waals surface area contributed by atoms with Gasteiger partial charge in [0.05, 0.1) is 14.2 Å². The summed E-state index contributed by atoms with van der Waals surface area (Å²) in [4.78, 5) is 4.47. The molecule has 0 N–H and O–H groups in total. The Morgan fingerprint density at radius 2 is 1.38 bits per heavy atom. The predicted octanol–water partition coefficient (Wildman–Crippen LogP) is 5.60. The zero-order chi connectivity index (χ0) is 20.1. The van der Waals surface area contributed by atoms with Gasteiger partial charge in [-0.2, -0.15) is 4.98 Å². The molecular weight excluding hydrogens is 366 g/mol. The van der Waals surface area contributed by atoms with Crippen LogP contribution in [0.4, 0.5) is 0 Å². The quantitative estimate of drug-likeness (QED) is 0.413. The molecule has 0 unspecified atom stereocenters. The number of aromatic nitrogens is 1. The van der Waals surface area contributed by atoms with Crippen molar-refractivity contribution in [3.05, 3.63) is 84.4 Å². The van der Waals surface area contributed by atoms with Crippen molar-refractivity contribution < 1.29 is 18.6 Å². The van der Waals surface area contributed by atoms with E-state index in [4.69, 9.17) is 18.6 Å². The van der Waals surface area contributed by atoms with Crippen molar-refractivity contribution in [2.75, 3.05) is 14.2 Å². The maximum absolute atomic E-state index is 5.86. The molecule has 0 fully saturated rings. The summed E-state index contributed by atoms with van der Waals surface area (Å²) in [6.07, 6.45) is 0.218. The minimum atomic E-state index is 0.218. The Bertz CT molecular complexity index is 1050. The number of rotatable bonds is 7. The first-order chi connectivity index (χ1) is 14.3. The molecule has 4 aromatic rings. The first-order valence-corrected chi connectivity index (χ1v) is 9.23. The fourth-order valence-corrected chi connectivity index (χ4v) is 2.97. The van der Waals surface area contributed by atoms with Crippen LogP contribution in [0.25, 0.3) is 22.6 Å². The number of nitrogens with zero attached hydrogens (tertiary/aromatic N) is 1. The molecule has 0 aliphatic carbocycles. The van der Waals surface area contributed by atoms with Gasteiger partial charge in [0.25, 0.3) is 0 Å². The number of hydrogen-bond acceptors (Lipinski definition) is 5. The average molecular weight is 387 g/mol. The highest BCUT2D eigenvalue weighted by Gasteiger charge is 2.17. The topological polar surface area (TPSA) is 53.7 Å². The molecular formula is C24H21NO4. The summed E-state index contributed by atoms with van der Waals surface area (Å²) in [6.45, 7) is 0.521. The van der Waals surface area contributed by atoms with Gasteiger partial charge in [0, 0.05) is 11.1 Å². The Labute approximate surface area is 169 Å². The van der Waals surface area contributed by atoms with Crippen LogP contribution in [-0.2, 0) is 6.61 Å². The van der Waals surface area contributed by atoms with Crippen molar-refractivity contribution in [3.8, 4) is 40.2 Å². The molecule has 1 aromatic heterocycles. The SMILES string of the molecule is COc1ccc(-c2nc(OC)oc2-c2ccc(OCc3ccccc3)cc2)cc1. The van der Waals surface area contributed by atoms with Crippen LogP contribution in [0.1, 0.15) is 5.56 Å². The van der Waals surface area contributed by atoms with Crippen LogP contribution in [0.15, 0.2) is 83.3 Å². The van der Waals surface area contributed by atoms with Crippen molar-refractivity contribution in [3.63, 3.8) is 0 Å². The number of oxazole rings is 1. The van der Waals surface area contributed by atoms with E-state index in [9.17, 15) is 0 Å². The van der Waals surface area contributed by atoms with E-state index in [-0.39, 0.29) is 6.08 Å². The van der Waals surface area contributed by atoms with Crippen molar-refractivity contribution in [1.82, 2.24) is 4.98 Å². The first kappa shape index (κ1) is 18.6. The highest BCUT2D eigenvalue weighted by molar-refractivity contribution is 5.77. The molecule has 29 heavy (non-hydrogen) atoms. The molecule has 0 bridgehead atoms. The van der Waals surface area contributed by atoms with Gasteiger partial charge in [0.2, 0.25) is 0 Å². The van der Waals surface area contributed by atoms with Crippen LogP contribution in [0.5, 0.6) is 17.6 Å². The lowest BCUT2D eigenvalue weighted by Gasteiger charge is -2.07. The van der Waals surface area contributed by atoms with Crippen molar-refractivity contribution in [2.24, 2.45) is 0 Å². The molecule has 4 rings (SSSR count). The van der Waals surface area contributed by atoms with Gasteiger partial charge in [-0.3, -0.25) is 0 Å². The molecule has 0 aliphatic rings. The van der Waals surface area contributed by atoms with E-state index in [1.165, 1.54) is 7.11 Å². The molecule has 0 atom stereocenters. The van der Waals surface area contributed by atoms with E-state index >= 15 is 0 Å². The lowest BCUT2D eigenvalue weighted by Crippen LogP contribution is -1.94. The predicted molar refractivity (Wildman–Crippen MR) is 111 cm³/mol. The summed E-state index contributed by atoms with van der Waals surface area (Å²) in [7, 11) is 3.18. The Kier molecular flexibility index (Phi) is 5.47. The van der Waals surface area contributed by atoms with Gasteiger partial charge < -0.3 is 18.6 Å². The normalized spacial score (nSPS) is 10.6. The second-order valence-electron chi connectivity index (χ2n) is 6.39. The van der Waals surface area contributed by atoms with Crippen LogP contribution >= 0.6 is 0 Å². The third-order valence-corrected chi connectivity index (χ3v) is 4.51. The van der Waals surface area contributed by atoms with Crippen molar-refractivity contribution in [2.45, 2.75) is 6.61 Å². The van der Waals surface area contributed by atoms with Crippen molar-refractivity contribution >= 4 is 0 Å². The highest BCUT2D eigenvalue weighted by Crippen LogP contribution is 2.36. The summed E-state index contributed by atoms with van der Waals surface area (Å²) < 4.78 is 22.1. The molecule has 0 radical (unpaired) electrons. The summed E-state index contributed by atoms with van der Waals surface area (Å²) in [5, 5.41) is 0. The Morgan fingerprint density at radius 3 is 2.03 bits per heavy atom. The van der Waals surface area contributed by atoms with Gasteiger partial charge in [0.15, 0.2) is 5.76 Å². The second-order valence-corrected chi connectivity index (χ2v) is 6.39. The average Bonchev–Trinajstić information content (AvgIpc) is 3.23. The highest BCUT2D eigenvalue weighted by atomic mass is 16.6. The summed E-state index contributed by atoms with van der Waals surface area (Å²) in [6, 6.07) is 25.5. The number of ether oxygens (including phenoxy) is 3. The number of methoxy groups -OCH3 is 2. The minimum absolute atomic E-state index is 0.218. The number of benzene rings is 3. The van der Waals surface area contributed by atoms with E-state index < -0.39 is 0 Å². The fraction of sp³-hybridized carbons (Fsp3) is 0.125. The molecule has 5 nitrogen and oxygen atoms in total. The Hall–Kier alpha value is -3.73. The van der Waals surface area contributed by atoms with Gasteiger partial charge >= 0.3 is 6.08 Å². The molecule has 1 heterocycles. The molecule has 5 heteroatoms. The van der Waals surface area contributed by atoms with Crippen LogP contribution in [-0.4, -0.2) is 19.2 Å². The third kappa shape index (κ3) is 4.24. The Balaban J connectivity index is 1.58. The van der Waals surface area contributed by atoms with Gasteiger partial charge in [-0.15, -0.1) is 0 Å². The maximum atomic E-state index is 5.86. The van der Waals surface area contributed by atoms with Gasteiger partial charge in [-0.25, -0.2) is 0 Å². The van der Waals surface area contributed by atoms with Crippen molar-refractivity contribution in [1.29, 1.82) is 0 Å². The van der Waals surface area contributed by atoms with Crippen LogP contribution in [0, 0.1) is 0 Å². The lowest BCUT2D eigenvalue weighted by atomic mass is 10.1. The summed E-state index contributed by atoms with van der Waals surface area (Å²) in [5.41, 5.74) is 3.64. The smallest absolute Gasteiger partial charge is 0.394 e. The summed E-state index contributed by atoms with van der Waals surface area (Å²) >= 11 is 0. The minimum Gasteiger partial charge on any atom is -0.497 e. The molecule has 0 amide bonds. The zero-order valence-corrected chi connectivity index (χ0v) is 16.3. The van der Waals surface area contributed by atoms with E-state index in [2.05, 4.69) is 4.98 Å². The number of hydrogen-bond donors (Lipinski definition) is 0. The maximum Gasteiger partial charge on any atom is 0.394 e. The van der Waals surface area contributed by atoms with Gasteiger partial charge in [-0.05, 0) is 54.1 Å². The molecule has 0 saturated heterocycles. The largest absolute Gasteiger partial charge is 0.497 e. The van der Waals surface area contributed by atoms with E-state index in [0.29, 0.717) is 18.1 Å². The zero-order valence-electron chi connectivity index (χ0n) is 16.3.